The monoisotopic (exact) mass is 149 g/mol. The van der Waals surface area contributed by atoms with Crippen molar-refractivity contribution in [2.45, 2.75) is 0 Å². The van der Waals surface area contributed by atoms with Gasteiger partial charge in [0.25, 0.3) is 5.91 Å². The number of aromatic nitrogens is 2. The molecule has 0 aromatic rings. The second kappa shape index (κ2) is 1.88. The van der Waals surface area contributed by atoms with Gasteiger partial charge in [0.15, 0.2) is 0 Å². The zero-order valence-corrected chi connectivity index (χ0v) is 5.72. The van der Waals surface area contributed by atoms with Crippen molar-refractivity contribution >= 4 is 5.91 Å². The summed E-state index contributed by atoms with van der Waals surface area (Å²) in [6.45, 7) is 0. The van der Waals surface area contributed by atoms with Crippen LogP contribution in [0.3, 0.4) is 0 Å². The van der Waals surface area contributed by atoms with Crippen LogP contribution in [0.5, 0.6) is 0 Å². The van der Waals surface area contributed by atoms with E-state index in [9.17, 15) is 4.79 Å². The van der Waals surface area contributed by atoms with E-state index >= 15 is 0 Å². The quantitative estimate of drug-likeness (QED) is 0.544. The lowest BCUT2D eigenvalue weighted by atomic mass is 10.2. The third-order valence-electron chi connectivity index (χ3n) is 1.65. The number of H-pyrrole nitrogens is 2. The van der Waals surface area contributed by atoms with Crippen LogP contribution in [0.1, 0.15) is 10.5 Å². The number of amides is 1. The van der Waals surface area contributed by atoms with Crippen LogP contribution in [-0.2, 0) is 0 Å². The Labute approximate surface area is 62.7 Å². The molecule has 56 valence electrons. The van der Waals surface area contributed by atoms with Crippen LogP contribution < -0.4 is 5.73 Å². The number of nitrogens with one attached hydrogen (secondary N) is 2. The summed E-state index contributed by atoms with van der Waals surface area (Å²) in [7, 11) is 0. The summed E-state index contributed by atoms with van der Waals surface area (Å²) in [4.78, 5) is 10.7. The van der Waals surface area contributed by atoms with Crippen LogP contribution in [0.25, 0.3) is 11.3 Å². The first-order valence-corrected chi connectivity index (χ1v) is 3.24. The van der Waals surface area contributed by atoms with Crippen molar-refractivity contribution in [3.05, 3.63) is 23.9 Å². The number of fused-ring (bicyclic) bond motifs is 1. The van der Waals surface area contributed by atoms with Crippen molar-refractivity contribution in [2.24, 2.45) is 5.73 Å². The third-order valence-corrected chi connectivity index (χ3v) is 1.65. The Morgan fingerprint density at radius 1 is 1.36 bits per heavy atom. The van der Waals surface area contributed by atoms with Gasteiger partial charge in [0.05, 0.1) is 5.69 Å². The average Bonchev–Trinajstić information content (AvgIpc) is 2.41. The summed E-state index contributed by atoms with van der Waals surface area (Å²) in [5.41, 5.74) is 7.28. The molecular weight excluding hydrogens is 142 g/mol. The van der Waals surface area contributed by atoms with E-state index in [0.717, 1.165) is 11.3 Å². The second-order valence-corrected chi connectivity index (χ2v) is 2.34. The Bertz CT molecular complexity index is 360. The fraction of sp³-hybridized carbons (Fsp3) is 0. The topological polar surface area (TPSA) is 74.7 Å². The number of rotatable bonds is 1. The number of primary amides is 1. The maximum Gasteiger partial charge on any atom is 0.267 e. The van der Waals surface area contributed by atoms with Crippen molar-refractivity contribution in [1.29, 1.82) is 0 Å². The Morgan fingerprint density at radius 2 is 2.18 bits per heavy atom. The van der Waals surface area contributed by atoms with Crippen molar-refractivity contribution in [1.82, 2.24) is 10.2 Å². The number of hydrogen-bond acceptors (Lipinski definition) is 1. The minimum Gasteiger partial charge on any atom is -0.364 e. The molecule has 4 nitrogen and oxygen atoms in total. The van der Waals surface area contributed by atoms with Crippen LogP contribution >= 0.6 is 0 Å². The lowest BCUT2D eigenvalue weighted by Crippen LogP contribution is -2.11. The predicted molar refractivity (Wildman–Crippen MR) is 40.3 cm³/mol. The Kier molecular flexibility index (Phi) is 1.03. The Balaban J connectivity index is 2.64. The lowest BCUT2D eigenvalue weighted by molar-refractivity contribution is 0.0996. The molecule has 0 saturated carbocycles. The van der Waals surface area contributed by atoms with Gasteiger partial charge in [-0.25, -0.2) is 0 Å². The van der Waals surface area contributed by atoms with Gasteiger partial charge < -0.3 is 10.8 Å². The molecule has 0 spiro atoms. The summed E-state index contributed by atoms with van der Waals surface area (Å²) >= 11 is 0. The minimum atomic E-state index is -0.442. The average molecular weight is 149 g/mol. The van der Waals surface area contributed by atoms with Gasteiger partial charge in [0.2, 0.25) is 0 Å². The van der Waals surface area contributed by atoms with Crippen molar-refractivity contribution in [3.63, 3.8) is 0 Å². The van der Waals surface area contributed by atoms with E-state index in [1.165, 1.54) is 0 Å². The van der Waals surface area contributed by atoms with E-state index in [0.29, 0.717) is 5.69 Å². The molecule has 11 heavy (non-hydrogen) atoms. The molecule has 1 aliphatic carbocycles. The number of aromatic amines is 2. The van der Waals surface area contributed by atoms with Gasteiger partial charge in [0, 0.05) is 5.56 Å². The highest BCUT2D eigenvalue weighted by Crippen LogP contribution is 2.22. The highest BCUT2D eigenvalue weighted by molar-refractivity contribution is 5.98. The maximum atomic E-state index is 10.7. The standard InChI is InChI=1S/C7H7N3O/c8-7(11)6-4-2-1-3-5(4)9-10-6/h1-3,9-10H,(H2,8,11). The Hall–Kier alpha value is -1.71. The zero-order chi connectivity index (χ0) is 7.84. The summed E-state index contributed by atoms with van der Waals surface area (Å²) in [6.07, 6.45) is 0. The van der Waals surface area contributed by atoms with Gasteiger partial charge in [-0.15, -0.1) is 0 Å². The minimum absolute atomic E-state index is 0.435. The van der Waals surface area contributed by atoms with Gasteiger partial charge in [-0.1, -0.05) is 12.1 Å². The lowest BCUT2D eigenvalue weighted by Gasteiger charge is -1.88. The first kappa shape index (κ1) is 6.03. The zero-order valence-electron chi connectivity index (χ0n) is 5.72. The van der Waals surface area contributed by atoms with Gasteiger partial charge in [0.1, 0.15) is 5.69 Å². The fourth-order valence-electron chi connectivity index (χ4n) is 1.14. The molecule has 4 N–H and O–H groups in total. The molecule has 2 rings (SSSR count). The predicted octanol–water partition coefficient (Wildman–Crippen LogP) is 0.546. The van der Waals surface area contributed by atoms with Gasteiger partial charge in [-0.3, -0.25) is 9.89 Å². The summed E-state index contributed by atoms with van der Waals surface area (Å²) in [5.74, 6) is -0.442. The second-order valence-electron chi connectivity index (χ2n) is 2.34. The van der Waals surface area contributed by atoms with Gasteiger partial charge in [-0.05, 0) is 6.07 Å². The number of nitrogens with two attached hydrogens (primary N) is 1. The van der Waals surface area contributed by atoms with Crippen molar-refractivity contribution < 1.29 is 4.79 Å². The molecule has 4 heteroatoms. The molecule has 0 atom stereocenters. The fourth-order valence-corrected chi connectivity index (χ4v) is 1.14. The van der Waals surface area contributed by atoms with Crippen LogP contribution in [0.2, 0.25) is 0 Å². The molecule has 0 bridgehead atoms. The molecule has 1 amide bonds. The first-order chi connectivity index (χ1) is 5.29. The van der Waals surface area contributed by atoms with E-state index in [1.54, 1.807) is 0 Å². The van der Waals surface area contributed by atoms with Crippen LogP contribution in [0, 0.1) is 0 Å². The van der Waals surface area contributed by atoms with Crippen LogP contribution in [0.15, 0.2) is 18.2 Å². The van der Waals surface area contributed by atoms with Crippen molar-refractivity contribution in [2.75, 3.05) is 0 Å². The number of carbonyl (C=O) groups is 1. The molecule has 0 aromatic heterocycles. The smallest absolute Gasteiger partial charge is 0.267 e. The van der Waals surface area contributed by atoms with Gasteiger partial charge in [-0.2, -0.15) is 0 Å². The molecule has 2 aliphatic rings. The Morgan fingerprint density at radius 3 is 2.91 bits per heavy atom. The summed E-state index contributed by atoms with van der Waals surface area (Å²) in [6, 6.07) is 5.57. The molecule has 0 radical (unpaired) electrons. The summed E-state index contributed by atoms with van der Waals surface area (Å²) in [5, 5.41) is 5.52. The van der Waals surface area contributed by atoms with E-state index in [2.05, 4.69) is 10.2 Å². The SMILES string of the molecule is NC(=O)c1[nH][nH]c2cccc1-2. The van der Waals surface area contributed by atoms with E-state index in [1.807, 2.05) is 18.2 Å². The number of carbonyl (C=O) groups excluding carboxylic acids is 1. The highest BCUT2D eigenvalue weighted by atomic mass is 16.1. The molecular formula is C7H7N3O. The highest BCUT2D eigenvalue weighted by Gasteiger charge is 2.13. The molecule has 1 heterocycles. The molecule has 0 saturated heterocycles. The van der Waals surface area contributed by atoms with Gasteiger partial charge >= 0.3 is 0 Å². The summed E-state index contributed by atoms with van der Waals surface area (Å²) < 4.78 is 0. The third kappa shape index (κ3) is 0.724. The number of hydrogen-bond donors (Lipinski definition) is 3. The maximum absolute atomic E-state index is 10.7. The molecule has 0 aromatic carbocycles. The van der Waals surface area contributed by atoms with Crippen LogP contribution in [0.4, 0.5) is 0 Å². The van der Waals surface area contributed by atoms with Crippen LogP contribution in [-0.4, -0.2) is 16.1 Å². The van der Waals surface area contributed by atoms with E-state index < -0.39 is 5.91 Å². The normalized spacial score (nSPS) is 10.5. The largest absolute Gasteiger partial charge is 0.364 e. The molecule has 0 fully saturated rings. The molecule has 1 aliphatic heterocycles. The first-order valence-electron chi connectivity index (χ1n) is 3.24. The van der Waals surface area contributed by atoms with E-state index in [-0.39, 0.29) is 0 Å². The molecule has 0 unspecified atom stereocenters. The van der Waals surface area contributed by atoms with Crippen molar-refractivity contribution in [3.8, 4) is 11.3 Å². The van der Waals surface area contributed by atoms with E-state index in [4.69, 9.17) is 5.73 Å².